The van der Waals surface area contributed by atoms with Crippen LogP contribution in [0.15, 0.2) is 24.4 Å². The van der Waals surface area contributed by atoms with Crippen LogP contribution in [0.5, 0.6) is 0 Å². The maximum atomic E-state index is 13.7. The number of imidazole rings is 1. The Bertz CT molecular complexity index is 760. The first-order valence-electron chi connectivity index (χ1n) is 9.66. The molecule has 0 bridgehead atoms. The van der Waals surface area contributed by atoms with Gasteiger partial charge < -0.3 is 14.8 Å². The Morgan fingerprint density at radius 2 is 1.66 bits per heavy atom. The average molecular weight is 470 g/mol. The molecule has 0 saturated carbocycles. The quantitative estimate of drug-likeness (QED) is 0.691. The molecule has 2 fully saturated rings. The lowest BCUT2D eigenvalue weighted by Gasteiger charge is -2.24. The number of likely N-dealkylation sites (tertiary alicyclic amines) is 1. The largest absolute Gasteiger partial charge is 0.333 e. The molecule has 2 aliphatic rings. The number of nitrogens with zero attached hydrogens (tertiary/aromatic N) is 3. The molecule has 0 unspecified atom stereocenters. The van der Waals surface area contributed by atoms with Gasteiger partial charge >= 0.3 is 0 Å². The number of benzene rings is 1. The van der Waals surface area contributed by atoms with Gasteiger partial charge in [0.2, 0.25) is 0 Å². The van der Waals surface area contributed by atoms with E-state index < -0.39 is 11.6 Å². The van der Waals surface area contributed by atoms with E-state index in [4.69, 9.17) is 4.98 Å². The highest BCUT2D eigenvalue weighted by atomic mass is 35.5. The van der Waals surface area contributed by atoms with Gasteiger partial charge in [-0.05, 0) is 70.1 Å². The van der Waals surface area contributed by atoms with Crippen LogP contribution in [0.25, 0.3) is 11.3 Å². The summed E-state index contributed by atoms with van der Waals surface area (Å²) in [6.07, 6.45) is 6.71. The van der Waals surface area contributed by atoms with E-state index >= 15 is 0 Å². The zero-order valence-corrected chi connectivity index (χ0v) is 18.7. The first-order chi connectivity index (χ1) is 12.7. The molecule has 0 radical (unpaired) electrons. The zero-order valence-electron chi connectivity index (χ0n) is 16.3. The van der Waals surface area contributed by atoms with Gasteiger partial charge in [-0.25, -0.2) is 13.8 Å². The molecule has 4 nitrogen and oxygen atoms in total. The summed E-state index contributed by atoms with van der Waals surface area (Å²) in [5, 5.41) is 3.40. The van der Waals surface area contributed by atoms with Crippen molar-refractivity contribution in [2.45, 2.75) is 38.1 Å². The predicted molar refractivity (Wildman–Crippen MR) is 120 cm³/mol. The fourth-order valence-electron chi connectivity index (χ4n) is 4.07. The van der Waals surface area contributed by atoms with E-state index in [-0.39, 0.29) is 37.2 Å². The number of nitrogens with one attached hydrogen (secondary N) is 1. The summed E-state index contributed by atoms with van der Waals surface area (Å²) in [6.45, 7) is 6.27. The summed E-state index contributed by atoms with van der Waals surface area (Å²) in [5.41, 5.74) is 1.37. The van der Waals surface area contributed by atoms with E-state index in [1.54, 1.807) is 6.07 Å². The number of hydrogen-bond acceptors (Lipinski definition) is 3. The Morgan fingerprint density at radius 3 is 2.31 bits per heavy atom. The molecular weight excluding hydrogens is 441 g/mol. The molecule has 0 amide bonds. The summed E-state index contributed by atoms with van der Waals surface area (Å²) >= 11 is 0. The normalized spacial score (nSPS) is 17.3. The maximum absolute atomic E-state index is 13.7. The summed E-state index contributed by atoms with van der Waals surface area (Å²) in [4.78, 5) is 7.34. The highest BCUT2D eigenvalue weighted by Gasteiger charge is 2.22. The minimum Gasteiger partial charge on any atom is -0.333 e. The molecule has 0 spiro atoms. The molecule has 0 atom stereocenters. The van der Waals surface area contributed by atoms with E-state index in [0.29, 0.717) is 11.5 Å². The van der Waals surface area contributed by atoms with Crippen molar-refractivity contribution in [1.29, 1.82) is 0 Å². The SMILES string of the molecule is Cl.Cl.Cl.Fc1ccc(-c2cn(CCN3CCCC3)c(C3CCNCC3)n2)cc1F. The van der Waals surface area contributed by atoms with Crippen LogP contribution < -0.4 is 5.32 Å². The molecule has 2 saturated heterocycles. The summed E-state index contributed by atoms with van der Waals surface area (Å²) < 4.78 is 29.2. The van der Waals surface area contributed by atoms with Crippen LogP contribution in [-0.4, -0.2) is 47.2 Å². The maximum Gasteiger partial charge on any atom is 0.159 e. The Labute approximate surface area is 189 Å². The van der Waals surface area contributed by atoms with Gasteiger partial charge in [-0.1, -0.05) is 0 Å². The van der Waals surface area contributed by atoms with Crippen molar-refractivity contribution >= 4 is 37.2 Å². The van der Waals surface area contributed by atoms with Crippen LogP contribution in [0.2, 0.25) is 0 Å². The van der Waals surface area contributed by atoms with E-state index in [0.717, 1.165) is 50.5 Å². The predicted octanol–water partition coefficient (Wildman–Crippen LogP) is 4.66. The first kappa shape index (κ1) is 26.1. The van der Waals surface area contributed by atoms with Gasteiger partial charge in [0, 0.05) is 30.8 Å². The van der Waals surface area contributed by atoms with E-state index in [1.807, 2.05) is 6.20 Å². The summed E-state index contributed by atoms with van der Waals surface area (Å²) in [6, 6.07) is 4.03. The number of hydrogen-bond donors (Lipinski definition) is 1. The molecule has 1 aromatic carbocycles. The lowest BCUT2D eigenvalue weighted by Crippen LogP contribution is -2.29. The van der Waals surface area contributed by atoms with Gasteiger partial charge in [-0.3, -0.25) is 0 Å². The minimum atomic E-state index is -0.822. The van der Waals surface area contributed by atoms with Gasteiger partial charge in [0.15, 0.2) is 11.6 Å². The van der Waals surface area contributed by atoms with E-state index in [1.165, 1.54) is 38.1 Å². The lowest BCUT2D eigenvalue weighted by molar-refractivity contribution is 0.316. The van der Waals surface area contributed by atoms with Crippen LogP contribution in [0.1, 0.15) is 37.4 Å². The Balaban J connectivity index is 0.00000140. The number of piperidine rings is 1. The van der Waals surface area contributed by atoms with E-state index in [9.17, 15) is 8.78 Å². The fraction of sp³-hybridized carbons (Fsp3) is 0.550. The van der Waals surface area contributed by atoms with Crippen molar-refractivity contribution in [2.75, 3.05) is 32.7 Å². The molecule has 1 N–H and O–H groups in total. The van der Waals surface area contributed by atoms with E-state index in [2.05, 4.69) is 14.8 Å². The zero-order chi connectivity index (χ0) is 17.9. The number of rotatable bonds is 5. The van der Waals surface area contributed by atoms with Crippen LogP contribution in [0.3, 0.4) is 0 Å². The molecular formula is C20H29Cl3F2N4. The van der Waals surface area contributed by atoms with Gasteiger partial charge in [0.05, 0.1) is 5.69 Å². The first-order valence-corrected chi connectivity index (χ1v) is 9.66. The molecule has 2 aromatic rings. The molecule has 1 aromatic heterocycles. The standard InChI is InChI=1S/C20H26F2N4.3ClH/c21-17-4-3-16(13-18(17)22)19-14-26(12-11-25-9-1-2-10-25)20(24-19)15-5-7-23-8-6-15;;;/h3-4,13-15,23H,1-2,5-12H2;3*1H. The second-order valence-corrected chi connectivity index (χ2v) is 7.38. The van der Waals surface area contributed by atoms with Crippen molar-refractivity contribution in [3.05, 3.63) is 41.9 Å². The molecule has 9 heteroatoms. The van der Waals surface area contributed by atoms with Crippen LogP contribution in [-0.2, 0) is 6.54 Å². The highest BCUT2D eigenvalue weighted by Crippen LogP contribution is 2.29. The Kier molecular flexibility index (Phi) is 10.9. The van der Waals surface area contributed by atoms with Crippen molar-refractivity contribution in [1.82, 2.24) is 19.8 Å². The highest BCUT2D eigenvalue weighted by molar-refractivity contribution is 5.86. The number of halogens is 5. The van der Waals surface area contributed by atoms with Gasteiger partial charge in [-0.15, -0.1) is 37.2 Å². The van der Waals surface area contributed by atoms with Crippen molar-refractivity contribution in [2.24, 2.45) is 0 Å². The third-order valence-corrected chi connectivity index (χ3v) is 5.58. The topological polar surface area (TPSA) is 33.1 Å². The Hall–Kier alpha value is -0.920. The summed E-state index contributed by atoms with van der Waals surface area (Å²) in [7, 11) is 0. The monoisotopic (exact) mass is 468 g/mol. The Morgan fingerprint density at radius 1 is 0.966 bits per heavy atom. The van der Waals surface area contributed by atoms with Crippen molar-refractivity contribution < 1.29 is 8.78 Å². The molecule has 2 aliphatic heterocycles. The second kappa shape index (κ2) is 12.1. The second-order valence-electron chi connectivity index (χ2n) is 7.38. The molecule has 0 aliphatic carbocycles. The third-order valence-electron chi connectivity index (χ3n) is 5.58. The fourth-order valence-corrected chi connectivity index (χ4v) is 4.07. The lowest BCUT2D eigenvalue weighted by atomic mass is 9.97. The molecule has 4 rings (SSSR count). The van der Waals surface area contributed by atoms with Crippen molar-refractivity contribution in [3.63, 3.8) is 0 Å². The molecule has 164 valence electrons. The average Bonchev–Trinajstić information content (AvgIpc) is 3.32. The smallest absolute Gasteiger partial charge is 0.159 e. The number of aromatic nitrogens is 2. The summed E-state index contributed by atoms with van der Waals surface area (Å²) in [5.74, 6) is -0.127. The van der Waals surface area contributed by atoms with Gasteiger partial charge in [0.25, 0.3) is 0 Å². The van der Waals surface area contributed by atoms with Crippen LogP contribution in [0.4, 0.5) is 8.78 Å². The van der Waals surface area contributed by atoms with Crippen LogP contribution >= 0.6 is 37.2 Å². The molecule has 3 heterocycles. The van der Waals surface area contributed by atoms with Crippen LogP contribution in [0, 0.1) is 11.6 Å². The van der Waals surface area contributed by atoms with Gasteiger partial charge in [0.1, 0.15) is 5.82 Å². The third kappa shape index (κ3) is 6.28. The van der Waals surface area contributed by atoms with Gasteiger partial charge in [-0.2, -0.15) is 0 Å². The minimum absolute atomic E-state index is 0. The van der Waals surface area contributed by atoms with Crippen molar-refractivity contribution in [3.8, 4) is 11.3 Å². The molecule has 29 heavy (non-hydrogen) atoms.